The van der Waals surface area contributed by atoms with Gasteiger partial charge in [0.05, 0.1) is 6.10 Å². The fourth-order valence-electron chi connectivity index (χ4n) is 2.14. The molecule has 0 bridgehead atoms. The fourth-order valence-corrected chi connectivity index (χ4v) is 2.14. The van der Waals surface area contributed by atoms with Crippen LogP contribution in [0.1, 0.15) is 38.4 Å². The summed E-state index contributed by atoms with van der Waals surface area (Å²) in [6.45, 7) is 3.98. The number of hydrogen-bond acceptors (Lipinski definition) is 3. The van der Waals surface area contributed by atoms with Crippen molar-refractivity contribution in [1.82, 2.24) is 4.90 Å². The number of hydrogen-bond donors (Lipinski definition) is 1. The van der Waals surface area contributed by atoms with Crippen LogP contribution in [-0.2, 0) is 4.79 Å². The molecule has 0 aromatic heterocycles. The molecule has 1 fully saturated rings. The van der Waals surface area contributed by atoms with Gasteiger partial charge in [0.2, 0.25) is 0 Å². The summed E-state index contributed by atoms with van der Waals surface area (Å²) in [7, 11) is 0. The predicted molar refractivity (Wildman–Crippen MR) is 72.9 cm³/mol. The first-order chi connectivity index (χ1) is 9.52. The molecule has 1 amide bonds. The Morgan fingerprint density at radius 2 is 2.25 bits per heavy atom. The Bertz CT molecular complexity index is 486. The van der Waals surface area contributed by atoms with Crippen molar-refractivity contribution in [2.75, 3.05) is 13.2 Å². The number of ether oxygens (including phenoxy) is 1. The molecule has 1 aromatic rings. The van der Waals surface area contributed by atoms with Gasteiger partial charge in [-0.2, -0.15) is 0 Å². The van der Waals surface area contributed by atoms with Crippen LogP contribution in [0.2, 0.25) is 0 Å². The van der Waals surface area contributed by atoms with Crippen LogP contribution < -0.4 is 4.74 Å². The lowest BCUT2D eigenvalue weighted by molar-refractivity contribution is -0.133. The molecule has 0 aliphatic heterocycles. The molecule has 0 heterocycles. The summed E-state index contributed by atoms with van der Waals surface area (Å²) in [5.41, 5.74) is 0.481. The van der Waals surface area contributed by atoms with Crippen LogP contribution in [-0.4, -0.2) is 35.1 Å². The van der Waals surface area contributed by atoms with Crippen molar-refractivity contribution < 1.29 is 19.0 Å². The van der Waals surface area contributed by atoms with Crippen LogP contribution >= 0.6 is 0 Å². The Labute approximate surface area is 118 Å². The molecule has 1 N–H and O–H groups in total. The number of amides is 1. The maximum atomic E-state index is 13.8. The minimum Gasteiger partial charge on any atom is -0.481 e. The van der Waals surface area contributed by atoms with E-state index in [4.69, 9.17) is 4.74 Å². The van der Waals surface area contributed by atoms with E-state index in [0.29, 0.717) is 18.2 Å². The van der Waals surface area contributed by atoms with Gasteiger partial charge in [-0.3, -0.25) is 4.79 Å². The van der Waals surface area contributed by atoms with Gasteiger partial charge in [-0.25, -0.2) is 4.39 Å². The van der Waals surface area contributed by atoms with Crippen molar-refractivity contribution in [1.29, 1.82) is 0 Å². The molecule has 1 atom stereocenters. The van der Waals surface area contributed by atoms with E-state index in [0.717, 1.165) is 12.8 Å². The molecule has 0 radical (unpaired) electrons. The second-order valence-corrected chi connectivity index (χ2v) is 5.07. The van der Waals surface area contributed by atoms with Crippen LogP contribution in [0.15, 0.2) is 18.2 Å². The Morgan fingerprint density at radius 3 is 2.75 bits per heavy atom. The molecule has 1 aliphatic carbocycles. The SMILES string of the molecule is CCN(C(=O)COc1ccc(C(C)O)cc1F)C1CC1. The molecule has 0 spiro atoms. The number of halogens is 1. The van der Waals surface area contributed by atoms with E-state index < -0.39 is 11.9 Å². The van der Waals surface area contributed by atoms with Crippen LogP contribution in [0.4, 0.5) is 4.39 Å². The Morgan fingerprint density at radius 1 is 1.55 bits per heavy atom. The average molecular weight is 281 g/mol. The predicted octanol–water partition coefficient (Wildman–Crippen LogP) is 2.27. The number of benzene rings is 1. The maximum absolute atomic E-state index is 13.8. The highest BCUT2D eigenvalue weighted by atomic mass is 19.1. The molecule has 0 saturated heterocycles. The first kappa shape index (κ1) is 14.8. The summed E-state index contributed by atoms with van der Waals surface area (Å²) >= 11 is 0. The first-order valence-electron chi connectivity index (χ1n) is 6.92. The molecule has 20 heavy (non-hydrogen) atoms. The third-order valence-corrected chi connectivity index (χ3v) is 3.44. The number of likely N-dealkylation sites (N-methyl/N-ethyl adjacent to an activating group) is 1. The van der Waals surface area contributed by atoms with E-state index >= 15 is 0 Å². The van der Waals surface area contributed by atoms with Crippen molar-refractivity contribution in [2.24, 2.45) is 0 Å². The van der Waals surface area contributed by atoms with Crippen molar-refractivity contribution in [3.63, 3.8) is 0 Å². The highest BCUT2D eigenvalue weighted by molar-refractivity contribution is 5.78. The summed E-state index contributed by atoms with van der Waals surface area (Å²) in [4.78, 5) is 13.7. The number of aliphatic hydroxyl groups excluding tert-OH is 1. The topological polar surface area (TPSA) is 49.8 Å². The van der Waals surface area contributed by atoms with Gasteiger partial charge >= 0.3 is 0 Å². The monoisotopic (exact) mass is 281 g/mol. The third kappa shape index (κ3) is 3.48. The lowest BCUT2D eigenvalue weighted by atomic mass is 10.1. The zero-order valence-corrected chi connectivity index (χ0v) is 11.8. The summed E-state index contributed by atoms with van der Waals surface area (Å²) in [5.74, 6) is -0.644. The lowest BCUT2D eigenvalue weighted by Gasteiger charge is -2.20. The normalized spacial score (nSPS) is 15.8. The number of nitrogens with zero attached hydrogens (tertiary/aromatic N) is 1. The van der Waals surface area contributed by atoms with E-state index in [-0.39, 0.29) is 18.3 Å². The second-order valence-electron chi connectivity index (χ2n) is 5.07. The molecule has 2 rings (SSSR count). The Balaban J connectivity index is 1.95. The summed E-state index contributed by atoms with van der Waals surface area (Å²) in [6, 6.07) is 4.59. The van der Waals surface area contributed by atoms with E-state index in [1.807, 2.05) is 6.92 Å². The number of carbonyl (C=O) groups excluding carboxylic acids is 1. The van der Waals surface area contributed by atoms with Crippen molar-refractivity contribution in [2.45, 2.75) is 38.8 Å². The van der Waals surface area contributed by atoms with Crippen LogP contribution in [0, 0.1) is 5.82 Å². The summed E-state index contributed by atoms with van der Waals surface area (Å²) in [5, 5.41) is 9.36. The quantitative estimate of drug-likeness (QED) is 0.870. The number of rotatable bonds is 6. The number of carbonyl (C=O) groups is 1. The number of aliphatic hydroxyl groups is 1. The summed E-state index contributed by atoms with van der Waals surface area (Å²) in [6.07, 6.45) is 1.35. The molecular formula is C15H20FNO3. The van der Waals surface area contributed by atoms with Crippen molar-refractivity contribution in [3.8, 4) is 5.75 Å². The fraction of sp³-hybridized carbons (Fsp3) is 0.533. The van der Waals surface area contributed by atoms with E-state index in [2.05, 4.69) is 0 Å². The zero-order chi connectivity index (χ0) is 14.7. The van der Waals surface area contributed by atoms with Gasteiger partial charge < -0.3 is 14.7 Å². The highest BCUT2D eigenvalue weighted by Gasteiger charge is 2.31. The van der Waals surface area contributed by atoms with Gasteiger partial charge in [0, 0.05) is 12.6 Å². The van der Waals surface area contributed by atoms with Crippen LogP contribution in [0.3, 0.4) is 0 Å². The second kappa shape index (κ2) is 6.22. The molecule has 1 aromatic carbocycles. The maximum Gasteiger partial charge on any atom is 0.260 e. The lowest BCUT2D eigenvalue weighted by Crippen LogP contribution is -2.36. The Kier molecular flexibility index (Phi) is 4.60. The van der Waals surface area contributed by atoms with Gasteiger partial charge in [0.1, 0.15) is 0 Å². The first-order valence-corrected chi connectivity index (χ1v) is 6.92. The van der Waals surface area contributed by atoms with E-state index in [9.17, 15) is 14.3 Å². The Hall–Kier alpha value is -1.62. The van der Waals surface area contributed by atoms with Crippen LogP contribution in [0.5, 0.6) is 5.75 Å². The smallest absolute Gasteiger partial charge is 0.260 e. The summed E-state index contributed by atoms with van der Waals surface area (Å²) < 4.78 is 19.0. The van der Waals surface area contributed by atoms with Crippen molar-refractivity contribution in [3.05, 3.63) is 29.6 Å². The molecule has 1 aliphatic rings. The van der Waals surface area contributed by atoms with E-state index in [1.54, 1.807) is 17.9 Å². The highest BCUT2D eigenvalue weighted by Crippen LogP contribution is 2.27. The molecule has 110 valence electrons. The minimum atomic E-state index is -0.731. The molecule has 5 heteroatoms. The molecule has 1 unspecified atom stereocenters. The zero-order valence-electron chi connectivity index (χ0n) is 11.8. The van der Waals surface area contributed by atoms with Gasteiger partial charge in [0.25, 0.3) is 5.91 Å². The third-order valence-electron chi connectivity index (χ3n) is 3.44. The van der Waals surface area contributed by atoms with Gasteiger partial charge in [0.15, 0.2) is 18.2 Å². The van der Waals surface area contributed by atoms with Gasteiger partial charge in [-0.05, 0) is 44.4 Å². The van der Waals surface area contributed by atoms with E-state index in [1.165, 1.54) is 12.1 Å². The van der Waals surface area contributed by atoms with Gasteiger partial charge in [-0.1, -0.05) is 6.07 Å². The molecule has 1 saturated carbocycles. The standard InChI is InChI=1S/C15H20FNO3/c1-3-17(12-5-6-12)15(19)9-20-14-7-4-11(10(2)18)8-13(14)16/h4,7-8,10,12,18H,3,5-6,9H2,1-2H3. The average Bonchev–Trinajstić information content (AvgIpc) is 3.22. The van der Waals surface area contributed by atoms with Gasteiger partial charge in [-0.15, -0.1) is 0 Å². The molecule has 4 nitrogen and oxygen atoms in total. The largest absolute Gasteiger partial charge is 0.481 e. The van der Waals surface area contributed by atoms with Crippen LogP contribution in [0.25, 0.3) is 0 Å². The minimum absolute atomic E-state index is 0.0367. The molecular weight excluding hydrogens is 261 g/mol. The van der Waals surface area contributed by atoms with Crippen molar-refractivity contribution >= 4 is 5.91 Å².